The van der Waals surface area contributed by atoms with Crippen LogP contribution in [0.2, 0.25) is 0 Å². The van der Waals surface area contributed by atoms with Crippen molar-refractivity contribution in [2.45, 2.75) is 89.3 Å². The molecule has 35 heavy (non-hydrogen) atoms. The third-order valence-corrected chi connectivity index (χ3v) is 7.54. The summed E-state index contributed by atoms with van der Waals surface area (Å²) in [5, 5.41) is 22.1. The first-order chi connectivity index (χ1) is 16.7. The Hall–Kier alpha value is -2.81. The summed E-state index contributed by atoms with van der Waals surface area (Å²) in [4.78, 5) is 33.3. The Bertz CT molecular complexity index is 1090. The molecule has 1 saturated carbocycles. The summed E-state index contributed by atoms with van der Waals surface area (Å²) >= 11 is 0. The number of nitrogens with one attached hydrogen (secondary N) is 1. The molecular formula is C26H36N6O3. The Balaban J connectivity index is 1.31. The fourth-order valence-electron chi connectivity index (χ4n) is 5.57. The molecule has 2 aromatic heterocycles. The van der Waals surface area contributed by atoms with Crippen LogP contribution in [-0.4, -0.2) is 67.0 Å². The largest absolute Gasteiger partial charge is 0.391 e. The summed E-state index contributed by atoms with van der Waals surface area (Å²) < 4.78 is 1.65. The van der Waals surface area contributed by atoms with Gasteiger partial charge in [-0.1, -0.05) is 32.1 Å². The number of aliphatic hydroxyl groups excluding tert-OH is 1. The molecule has 0 spiro atoms. The van der Waals surface area contributed by atoms with Crippen LogP contribution in [0.4, 0.5) is 0 Å². The highest BCUT2D eigenvalue weighted by molar-refractivity contribution is 5.90. The van der Waals surface area contributed by atoms with Gasteiger partial charge in [0, 0.05) is 49.4 Å². The molecule has 4 atom stereocenters. The van der Waals surface area contributed by atoms with Crippen LogP contribution in [0.1, 0.15) is 87.7 Å². The van der Waals surface area contributed by atoms with Gasteiger partial charge < -0.3 is 15.3 Å². The van der Waals surface area contributed by atoms with Gasteiger partial charge in [-0.3, -0.25) is 14.6 Å². The van der Waals surface area contributed by atoms with Crippen LogP contribution in [-0.2, 0) is 16.0 Å². The van der Waals surface area contributed by atoms with Crippen LogP contribution in [0.25, 0.3) is 0 Å². The highest BCUT2D eigenvalue weighted by atomic mass is 16.3. The van der Waals surface area contributed by atoms with E-state index in [4.69, 9.17) is 0 Å². The number of hydrogen-bond acceptors (Lipinski definition) is 6. The van der Waals surface area contributed by atoms with Gasteiger partial charge in [-0.15, -0.1) is 5.10 Å². The van der Waals surface area contributed by atoms with E-state index < -0.39 is 23.6 Å². The number of aryl methyl sites for hydroxylation is 1. The van der Waals surface area contributed by atoms with Gasteiger partial charge >= 0.3 is 0 Å². The molecule has 3 heterocycles. The Morgan fingerprint density at radius 1 is 1.26 bits per heavy atom. The van der Waals surface area contributed by atoms with Crippen molar-refractivity contribution in [2.24, 2.45) is 5.41 Å². The van der Waals surface area contributed by atoms with Gasteiger partial charge in [0.15, 0.2) is 0 Å². The molecule has 1 saturated heterocycles. The van der Waals surface area contributed by atoms with Gasteiger partial charge in [-0.25, -0.2) is 4.68 Å². The average Bonchev–Trinajstić information content (AvgIpc) is 3.43. The molecular weight excluding hydrogens is 444 g/mol. The molecule has 3 aliphatic rings. The number of amides is 2. The molecule has 188 valence electrons. The van der Waals surface area contributed by atoms with Crippen molar-refractivity contribution >= 4 is 11.8 Å². The lowest BCUT2D eigenvalue weighted by Crippen LogP contribution is -2.50. The minimum atomic E-state index is -0.731. The van der Waals surface area contributed by atoms with Crippen molar-refractivity contribution in [1.29, 1.82) is 0 Å². The van der Waals surface area contributed by atoms with Crippen molar-refractivity contribution in [3.8, 4) is 0 Å². The minimum absolute atomic E-state index is 0.140. The van der Waals surface area contributed by atoms with E-state index >= 15 is 0 Å². The number of carbonyl (C=O) groups is 2. The smallest absolute Gasteiger partial charge is 0.248 e. The quantitative estimate of drug-likeness (QED) is 0.656. The molecule has 9 heteroatoms. The molecule has 0 aromatic carbocycles. The van der Waals surface area contributed by atoms with E-state index in [2.05, 4.69) is 26.7 Å². The van der Waals surface area contributed by atoms with Crippen molar-refractivity contribution in [1.82, 2.24) is 30.2 Å². The Labute approximate surface area is 206 Å². The minimum Gasteiger partial charge on any atom is -0.391 e. The number of fused-ring (bicyclic) bond motifs is 1. The van der Waals surface area contributed by atoms with Crippen LogP contribution in [0.5, 0.6) is 0 Å². The molecule has 2 aliphatic carbocycles. The molecule has 2 fully saturated rings. The van der Waals surface area contributed by atoms with Crippen LogP contribution in [0.3, 0.4) is 0 Å². The lowest BCUT2D eigenvalue weighted by Gasteiger charge is -2.34. The predicted molar refractivity (Wildman–Crippen MR) is 130 cm³/mol. The average molecular weight is 481 g/mol. The monoisotopic (exact) mass is 480 g/mol. The van der Waals surface area contributed by atoms with Crippen molar-refractivity contribution in [2.75, 3.05) is 13.1 Å². The number of likely N-dealkylation sites (tertiary alicyclic amines) is 1. The van der Waals surface area contributed by atoms with Gasteiger partial charge in [-0.2, -0.15) is 0 Å². The van der Waals surface area contributed by atoms with E-state index in [-0.39, 0.29) is 30.7 Å². The van der Waals surface area contributed by atoms with Crippen LogP contribution < -0.4 is 5.32 Å². The highest BCUT2D eigenvalue weighted by Gasteiger charge is 2.45. The van der Waals surface area contributed by atoms with Gasteiger partial charge in [-0.05, 0) is 49.1 Å². The first-order valence-corrected chi connectivity index (χ1v) is 12.8. The third kappa shape index (κ3) is 4.96. The maximum absolute atomic E-state index is 13.9. The fourth-order valence-corrected chi connectivity index (χ4v) is 5.57. The number of pyridine rings is 1. The van der Waals surface area contributed by atoms with E-state index in [0.29, 0.717) is 12.5 Å². The summed E-state index contributed by atoms with van der Waals surface area (Å²) in [5.74, 6) is 0.178. The highest BCUT2D eigenvalue weighted by Crippen LogP contribution is 2.40. The Morgan fingerprint density at radius 2 is 2.06 bits per heavy atom. The topological polar surface area (TPSA) is 113 Å². The standard InChI is InChI=1S/C26H36N6O3/c1-26(2,3)23(32-15-20(29-30-32)16-9-10-16)25(35)31-14-19(33)12-21(31)24(34)28-13-18-7-4-6-17-8-5-11-27-22(17)18/h5,8,11,15-16,18-19,21,23,33H,4,6-7,9-10,12-14H2,1-3H3,(H,28,34)/t18?,19-,21+,23+/m1/s1. The van der Waals surface area contributed by atoms with E-state index in [1.807, 2.05) is 33.0 Å². The van der Waals surface area contributed by atoms with E-state index in [1.54, 1.807) is 15.8 Å². The maximum atomic E-state index is 13.9. The molecule has 1 aliphatic heterocycles. The van der Waals surface area contributed by atoms with Crippen molar-refractivity contribution < 1.29 is 14.7 Å². The zero-order valence-corrected chi connectivity index (χ0v) is 20.9. The molecule has 2 amide bonds. The van der Waals surface area contributed by atoms with Gasteiger partial charge in [0.1, 0.15) is 12.1 Å². The number of β-amino-alcohol motifs (C(OH)–C–C–N with tert-alkyl or cyclic N) is 1. The number of hydrogen-bond donors (Lipinski definition) is 2. The lowest BCUT2D eigenvalue weighted by molar-refractivity contribution is -0.144. The number of aliphatic hydroxyl groups is 1. The number of nitrogens with zero attached hydrogens (tertiary/aromatic N) is 5. The molecule has 0 radical (unpaired) electrons. The number of carbonyl (C=O) groups excluding carboxylic acids is 2. The second-order valence-electron chi connectivity index (χ2n) is 11.4. The Kier molecular flexibility index (Phi) is 6.38. The molecule has 1 unspecified atom stereocenters. The van der Waals surface area contributed by atoms with Crippen molar-refractivity contribution in [3.63, 3.8) is 0 Å². The molecule has 0 bridgehead atoms. The van der Waals surface area contributed by atoms with Crippen LogP contribution in [0.15, 0.2) is 24.5 Å². The zero-order chi connectivity index (χ0) is 24.7. The number of aromatic nitrogens is 4. The van der Waals surface area contributed by atoms with Gasteiger partial charge in [0.25, 0.3) is 0 Å². The third-order valence-electron chi connectivity index (χ3n) is 7.54. The van der Waals surface area contributed by atoms with E-state index in [0.717, 1.165) is 43.5 Å². The van der Waals surface area contributed by atoms with Gasteiger partial charge in [0.05, 0.1) is 11.8 Å². The normalized spacial score (nSPS) is 25.3. The number of rotatable bonds is 6. The molecule has 5 rings (SSSR count). The summed E-state index contributed by atoms with van der Waals surface area (Å²) in [6.07, 6.45) is 8.45. The van der Waals surface area contributed by atoms with Crippen molar-refractivity contribution in [3.05, 3.63) is 41.5 Å². The van der Waals surface area contributed by atoms with Gasteiger partial charge in [0.2, 0.25) is 11.8 Å². The zero-order valence-electron chi connectivity index (χ0n) is 20.9. The fraction of sp³-hybridized carbons (Fsp3) is 0.654. The lowest BCUT2D eigenvalue weighted by atomic mass is 9.85. The maximum Gasteiger partial charge on any atom is 0.248 e. The van der Waals surface area contributed by atoms with E-state index in [9.17, 15) is 14.7 Å². The van der Waals surface area contributed by atoms with E-state index in [1.165, 1.54) is 5.56 Å². The summed E-state index contributed by atoms with van der Waals surface area (Å²) in [5.41, 5.74) is 2.78. The first kappa shape index (κ1) is 23.9. The molecule has 2 aromatic rings. The SMILES string of the molecule is CC(C)(C)[C@H](C(=O)N1C[C@H](O)C[C@H]1C(=O)NCC1CCCc2cccnc21)n1cc(C2CC2)nn1. The second kappa shape index (κ2) is 9.33. The Morgan fingerprint density at radius 3 is 2.80 bits per heavy atom. The first-order valence-electron chi connectivity index (χ1n) is 12.8. The summed E-state index contributed by atoms with van der Waals surface area (Å²) in [6, 6.07) is 2.74. The summed E-state index contributed by atoms with van der Waals surface area (Å²) in [7, 11) is 0. The molecule has 9 nitrogen and oxygen atoms in total. The van der Waals surface area contributed by atoms with Crippen LogP contribution >= 0.6 is 0 Å². The van der Waals surface area contributed by atoms with Crippen LogP contribution in [0, 0.1) is 5.41 Å². The predicted octanol–water partition coefficient (Wildman–Crippen LogP) is 2.34. The summed E-state index contributed by atoms with van der Waals surface area (Å²) in [6.45, 7) is 6.59. The second-order valence-corrected chi connectivity index (χ2v) is 11.4. The molecule has 2 N–H and O–H groups in total.